The highest BCUT2D eigenvalue weighted by molar-refractivity contribution is 6.30. The van der Waals surface area contributed by atoms with Gasteiger partial charge in [-0.3, -0.25) is 0 Å². The predicted octanol–water partition coefficient (Wildman–Crippen LogP) is 3.05. The van der Waals surface area contributed by atoms with Gasteiger partial charge < -0.3 is 5.73 Å². The van der Waals surface area contributed by atoms with Gasteiger partial charge in [-0.15, -0.1) is 0 Å². The van der Waals surface area contributed by atoms with Crippen LogP contribution in [0.5, 0.6) is 0 Å². The third kappa shape index (κ3) is 3.08. The summed E-state index contributed by atoms with van der Waals surface area (Å²) in [4.78, 5) is 0. The molecule has 0 unspecified atom stereocenters. The van der Waals surface area contributed by atoms with E-state index in [-0.39, 0.29) is 10.7 Å². The number of alkyl halides is 3. The lowest BCUT2D eigenvalue weighted by Gasteiger charge is -2.14. The van der Waals surface area contributed by atoms with Gasteiger partial charge in [-0.05, 0) is 30.7 Å². The maximum Gasteiger partial charge on any atom is 0.418 e. The third-order valence-corrected chi connectivity index (χ3v) is 2.79. The van der Waals surface area contributed by atoms with Crippen molar-refractivity contribution in [2.24, 2.45) is 5.73 Å². The Balaban J connectivity index is 2.54. The Hall–Kier alpha value is -1.53. The number of halogens is 4. The first-order valence-corrected chi connectivity index (χ1v) is 5.90. The van der Waals surface area contributed by atoms with Crippen LogP contribution in [0.3, 0.4) is 0 Å². The molecule has 0 aliphatic heterocycles. The van der Waals surface area contributed by atoms with E-state index in [4.69, 9.17) is 17.3 Å². The minimum Gasteiger partial charge on any atom is -0.330 e. The second-order valence-electron chi connectivity index (χ2n) is 3.99. The molecule has 0 bridgehead atoms. The van der Waals surface area contributed by atoms with E-state index < -0.39 is 11.7 Å². The second kappa shape index (κ2) is 5.22. The first-order valence-electron chi connectivity index (χ1n) is 5.52. The van der Waals surface area contributed by atoms with Gasteiger partial charge in [0, 0.05) is 6.20 Å². The third-order valence-electron chi connectivity index (χ3n) is 2.60. The molecule has 0 fully saturated rings. The summed E-state index contributed by atoms with van der Waals surface area (Å²) in [6.45, 7) is 0.296. The number of nitrogens with zero attached hydrogens (tertiary/aromatic N) is 2. The van der Waals surface area contributed by atoms with E-state index in [1.807, 2.05) is 0 Å². The van der Waals surface area contributed by atoms with Crippen molar-refractivity contribution in [2.45, 2.75) is 12.6 Å². The minimum atomic E-state index is -4.46. The topological polar surface area (TPSA) is 43.8 Å². The van der Waals surface area contributed by atoms with Crippen LogP contribution in [0.15, 0.2) is 30.6 Å². The number of hydrogen-bond donors (Lipinski definition) is 1. The van der Waals surface area contributed by atoms with Gasteiger partial charge in [0.05, 0.1) is 22.5 Å². The molecular formula is C12H11ClF3N3. The number of hydrogen-bond acceptors (Lipinski definition) is 2. The number of benzene rings is 1. The Morgan fingerprint density at radius 2 is 2.05 bits per heavy atom. The van der Waals surface area contributed by atoms with E-state index >= 15 is 0 Å². The smallest absolute Gasteiger partial charge is 0.330 e. The van der Waals surface area contributed by atoms with Crippen molar-refractivity contribution < 1.29 is 13.2 Å². The monoisotopic (exact) mass is 289 g/mol. The zero-order chi connectivity index (χ0) is 14.0. The molecule has 7 heteroatoms. The summed E-state index contributed by atoms with van der Waals surface area (Å²) in [5.41, 5.74) is 5.09. The van der Waals surface area contributed by atoms with Crippen molar-refractivity contribution in [3.05, 3.63) is 46.7 Å². The molecule has 2 aromatic rings. The van der Waals surface area contributed by atoms with Crippen LogP contribution in [0.1, 0.15) is 11.1 Å². The van der Waals surface area contributed by atoms with Crippen LogP contribution in [0.25, 0.3) is 5.69 Å². The van der Waals surface area contributed by atoms with Gasteiger partial charge in [0.15, 0.2) is 0 Å². The van der Waals surface area contributed by atoms with Gasteiger partial charge in [0.2, 0.25) is 0 Å². The van der Waals surface area contributed by atoms with E-state index in [9.17, 15) is 13.2 Å². The first kappa shape index (κ1) is 13.9. The maximum absolute atomic E-state index is 13.1. The van der Waals surface area contributed by atoms with Crippen LogP contribution in [0, 0.1) is 0 Å². The van der Waals surface area contributed by atoms with E-state index in [0.29, 0.717) is 18.5 Å². The highest BCUT2D eigenvalue weighted by Crippen LogP contribution is 2.34. The lowest BCUT2D eigenvalue weighted by atomic mass is 10.1. The Kier molecular flexibility index (Phi) is 3.82. The molecule has 3 nitrogen and oxygen atoms in total. The molecule has 0 saturated carbocycles. The molecule has 19 heavy (non-hydrogen) atoms. The van der Waals surface area contributed by atoms with E-state index in [1.54, 1.807) is 6.07 Å². The first-order chi connectivity index (χ1) is 8.91. The molecular weight excluding hydrogens is 279 g/mol. The van der Waals surface area contributed by atoms with Crippen LogP contribution >= 0.6 is 11.6 Å². The largest absolute Gasteiger partial charge is 0.418 e. The summed E-state index contributed by atoms with van der Waals surface area (Å²) in [6.07, 6.45) is -1.45. The van der Waals surface area contributed by atoms with Gasteiger partial charge in [0.1, 0.15) is 0 Å². The van der Waals surface area contributed by atoms with Gasteiger partial charge in [-0.25, -0.2) is 4.68 Å². The van der Waals surface area contributed by atoms with E-state index in [2.05, 4.69) is 5.10 Å². The van der Waals surface area contributed by atoms with Gasteiger partial charge in [-0.2, -0.15) is 18.3 Å². The summed E-state index contributed by atoms with van der Waals surface area (Å²) >= 11 is 5.68. The van der Waals surface area contributed by atoms with Crippen molar-refractivity contribution >= 4 is 11.6 Å². The Morgan fingerprint density at radius 3 is 2.58 bits per heavy atom. The second-order valence-corrected chi connectivity index (χ2v) is 4.43. The molecule has 0 aliphatic rings. The molecule has 0 radical (unpaired) electrons. The molecule has 0 amide bonds. The summed E-state index contributed by atoms with van der Waals surface area (Å²) < 4.78 is 40.3. The molecule has 1 aromatic heterocycles. The molecule has 0 spiro atoms. The highest BCUT2D eigenvalue weighted by Gasteiger charge is 2.34. The van der Waals surface area contributed by atoms with Crippen LogP contribution in [0.4, 0.5) is 13.2 Å². The SMILES string of the molecule is NCCc1ccc(-n2cc(Cl)cn2)c(C(F)(F)F)c1. The molecule has 0 atom stereocenters. The van der Waals surface area contributed by atoms with Crippen molar-refractivity contribution in [3.63, 3.8) is 0 Å². The van der Waals surface area contributed by atoms with Gasteiger partial charge in [-0.1, -0.05) is 17.7 Å². The predicted molar refractivity (Wildman–Crippen MR) is 66.3 cm³/mol. The number of rotatable bonds is 3. The van der Waals surface area contributed by atoms with Crippen LogP contribution in [-0.2, 0) is 12.6 Å². The Morgan fingerprint density at radius 1 is 1.32 bits per heavy atom. The quantitative estimate of drug-likeness (QED) is 0.944. The van der Waals surface area contributed by atoms with Crippen molar-refractivity contribution in [3.8, 4) is 5.69 Å². The molecule has 1 heterocycles. The van der Waals surface area contributed by atoms with Crippen LogP contribution in [-0.4, -0.2) is 16.3 Å². The summed E-state index contributed by atoms with van der Waals surface area (Å²) in [5.74, 6) is 0. The lowest BCUT2D eigenvalue weighted by Crippen LogP contribution is -2.13. The summed E-state index contributed by atoms with van der Waals surface area (Å²) in [6, 6.07) is 4.07. The fourth-order valence-electron chi connectivity index (χ4n) is 1.76. The molecule has 1 aromatic carbocycles. The summed E-state index contributed by atoms with van der Waals surface area (Å²) in [5, 5.41) is 4.07. The lowest BCUT2D eigenvalue weighted by molar-refractivity contribution is -0.137. The van der Waals surface area contributed by atoms with E-state index in [1.165, 1.54) is 18.5 Å². The maximum atomic E-state index is 13.1. The number of nitrogens with two attached hydrogens (primary N) is 1. The standard InChI is InChI=1S/C12H11ClF3N3/c13-9-6-18-19(7-9)11-2-1-8(3-4-17)5-10(11)12(14,15)16/h1-2,5-7H,3-4,17H2. The summed E-state index contributed by atoms with van der Waals surface area (Å²) in [7, 11) is 0. The fourth-order valence-corrected chi connectivity index (χ4v) is 1.90. The normalized spacial score (nSPS) is 11.8. The van der Waals surface area contributed by atoms with Gasteiger partial charge in [0.25, 0.3) is 0 Å². The Bertz CT molecular complexity index is 578. The van der Waals surface area contributed by atoms with Crippen molar-refractivity contribution in [2.75, 3.05) is 6.54 Å². The van der Waals surface area contributed by atoms with Gasteiger partial charge >= 0.3 is 6.18 Å². The molecule has 102 valence electrons. The average molecular weight is 290 g/mol. The molecule has 0 aliphatic carbocycles. The molecule has 2 rings (SSSR count). The van der Waals surface area contributed by atoms with Crippen LogP contribution < -0.4 is 5.73 Å². The minimum absolute atomic E-state index is 0.0554. The number of aromatic nitrogens is 2. The zero-order valence-electron chi connectivity index (χ0n) is 9.78. The zero-order valence-corrected chi connectivity index (χ0v) is 10.5. The molecule has 0 saturated heterocycles. The van der Waals surface area contributed by atoms with E-state index in [0.717, 1.165) is 10.7 Å². The van der Waals surface area contributed by atoms with Crippen molar-refractivity contribution in [1.82, 2.24) is 9.78 Å². The average Bonchev–Trinajstić information content (AvgIpc) is 2.75. The fraction of sp³-hybridized carbons (Fsp3) is 0.250. The van der Waals surface area contributed by atoms with Crippen molar-refractivity contribution in [1.29, 1.82) is 0 Å². The Labute approximate surface area is 112 Å². The van der Waals surface area contributed by atoms with Crippen LogP contribution in [0.2, 0.25) is 5.02 Å². The molecule has 2 N–H and O–H groups in total. The highest BCUT2D eigenvalue weighted by atomic mass is 35.5.